The molecule has 0 spiro atoms. The summed E-state index contributed by atoms with van der Waals surface area (Å²) in [5.41, 5.74) is 4.12. The van der Waals surface area contributed by atoms with Crippen molar-refractivity contribution >= 4 is 29.8 Å². The Hall–Kier alpha value is -3.51. The van der Waals surface area contributed by atoms with Gasteiger partial charge in [0.05, 0.1) is 32.1 Å². The Morgan fingerprint density at radius 3 is 2.33 bits per heavy atom. The van der Waals surface area contributed by atoms with Gasteiger partial charge in [-0.25, -0.2) is 4.79 Å². The highest BCUT2D eigenvalue weighted by Gasteiger charge is 2.11. The monoisotopic (exact) mass is 560 g/mol. The summed E-state index contributed by atoms with van der Waals surface area (Å²) in [5, 5.41) is 0. The van der Waals surface area contributed by atoms with Gasteiger partial charge in [-0.1, -0.05) is 72.8 Å². The number of unbranched alkanes of at least 4 members (excludes halogenated alkanes) is 2. The first-order valence-electron chi connectivity index (χ1n) is 13.8. The Morgan fingerprint density at radius 1 is 0.825 bits per heavy atom. The van der Waals surface area contributed by atoms with Crippen LogP contribution in [0.15, 0.2) is 84.9 Å². The molecule has 0 amide bonds. The van der Waals surface area contributed by atoms with E-state index < -0.39 is 0 Å². The van der Waals surface area contributed by atoms with Crippen LogP contribution in [0.3, 0.4) is 0 Å². The molecule has 0 aliphatic carbocycles. The number of allylic oxidation sites excluding steroid dienone is 1. The second-order valence-electron chi connectivity index (χ2n) is 9.61. The number of ether oxygens (including phenoxy) is 3. The first-order valence-corrected chi connectivity index (χ1v) is 15.0. The summed E-state index contributed by atoms with van der Waals surface area (Å²) >= 11 is 1.58. The number of benzene rings is 3. The third kappa shape index (κ3) is 11.3. The molecule has 3 aromatic carbocycles. The van der Waals surface area contributed by atoms with E-state index in [2.05, 4.69) is 48.6 Å². The molecule has 0 saturated heterocycles. The van der Waals surface area contributed by atoms with Crippen LogP contribution in [0.2, 0.25) is 0 Å². The number of carbonyl (C=O) groups excluding carboxylic acids is 2. The van der Waals surface area contributed by atoms with E-state index in [4.69, 9.17) is 14.2 Å². The fourth-order valence-electron chi connectivity index (χ4n) is 4.34. The molecule has 0 bridgehead atoms. The largest absolute Gasteiger partial charge is 0.493 e. The molecular weight excluding hydrogens is 520 g/mol. The van der Waals surface area contributed by atoms with Crippen molar-refractivity contribution in [3.8, 4) is 5.75 Å². The Bertz CT molecular complexity index is 1190. The molecule has 6 heteroatoms. The number of hydrogen-bond acceptors (Lipinski definition) is 6. The first kappa shape index (κ1) is 31.0. The number of esters is 2. The zero-order valence-electron chi connectivity index (χ0n) is 23.6. The molecule has 0 N–H and O–H groups in total. The lowest BCUT2D eigenvalue weighted by Gasteiger charge is -2.14. The van der Waals surface area contributed by atoms with Gasteiger partial charge in [-0.15, -0.1) is 0 Å². The van der Waals surface area contributed by atoms with Crippen LogP contribution in [0.5, 0.6) is 5.75 Å². The highest BCUT2D eigenvalue weighted by atomic mass is 32.2. The van der Waals surface area contributed by atoms with Crippen molar-refractivity contribution in [3.05, 3.63) is 107 Å². The molecule has 40 heavy (non-hydrogen) atoms. The predicted molar refractivity (Wildman–Crippen MR) is 164 cm³/mol. The zero-order chi connectivity index (χ0) is 28.4. The molecule has 0 saturated carbocycles. The van der Waals surface area contributed by atoms with Crippen LogP contribution < -0.4 is 4.74 Å². The summed E-state index contributed by atoms with van der Waals surface area (Å²) in [6, 6.07) is 26.3. The molecule has 0 heterocycles. The Labute approximate surface area is 242 Å². The average Bonchev–Trinajstić information content (AvgIpc) is 3.00. The van der Waals surface area contributed by atoms with E-state index in [1.807, 2.05) is 30.3 Å². The van der Waals surface area contributed by atoms with Crippen molar-refractivity contribution in [2.75, 3.05) is 32.3 Å². The number of methoxy groups -OCH3 is 2. The number of carbonyl (C=O) groups is 2. The molecule has 212 valence electrons. The molecule has 1 atom stereocenters. The summed E-state index contributed by atoms with van der Waals surface area (Å²) in [6.45, 7) is 0.694. The minimum absolute atomic E-state index is 0.207. The van der Waals surface area contributed by atoms with Crippen molar-refractivity contribution in [1.82, 2.24) is 0 Å². The van der Waals surface area contributed by atoms with Gasteiger partial charge >= 0.3 is 11.9 Å². The van der Waals surface area contributed by atoms with Crippen molar-refractivity contribution in [1.29, 1.82) is 0 Å². The van der Waals surface area contributed by atoms with E-state index in [0.717, 1.165) is 61.2 Å². The maximum Gasteiger partial charge on any atom is 0.337 e. The minimum atomic E-state index is -0.338. The molecule has 3 rings (SSSR count). The lowest BCUT2D eigenvalue weighted by molar-refractivity contribution is -0.137. The topological polar surface area (TPSA) is 61.8 Å². The highest BCUT2D eigenvalue weighted by Crippen LogP contribution is 2.24. The third-order valence-corrected chi connectivity index (χ3v) is 7.59. The fraction of sp³-hybridized carbons (Fsp3) is 0.353. The Morgan fingerprint density at radius 2 is 1.57 bits per heavy atom. The summed E-state index contributed by atoms with van der Waals surface area (Å²) in [5.74, 6) is 1.79. The molecule has 0 radical (unpaired) electrons. The fourth-order valence-corrected chi connectivity index (χ4v) is 5.24. The molecule has 0 aliphatic heterocycles. The van der Waals surface area contributed by atoms with Crippen LogP contribution in [0, 0.1) is 5.92 Å². The maximum absolute atomic E-state index is 11.8. The third-order valence-electron chi connectivity index (χ3n) is 6.63. The summed E-state index contributed by atoms with van der Waals surface area (Å²) in [7, 11) is 2.80. The summed E-state index contributed by atoms with van der Waals surface area (Å²) in [6.07, 6.45) is 10.5. The normalized spacial score (nSPS) is 11.8. The molecule has 0 aliphatic rings. The Balaban J connectivity index is 1.57. The zero-order valence-corrected chi connectivity index (χ0v) is 24.4. The van der Waals surface area contributed by atoms with E-state index in [1.54, 1.807) is 23.9 Å². The number of aryl methyl sites for hydroxylation is 1. The predicted octanol–water partition coefficient (Wildman–Crippen LogP) is 7.43. The number of rotatable bonds is 17. The van der Waals surface area contributed by atoms with E-state index in [0.29, 0.717) is 17.9 Å². The highest BCUT2D eigenvalue weighted by molar-refractivity contribution is 7.99. The van der Waals surface area contributed by atoms with E-state index in [1.165, 1.54) is 19.8 Å². The van der Waals surface area contributed by atoms with Crippen LogP contribution in [0.4, 0.5) is 0 Å². The van der Waals surface area contributed by atoms with E-state index in [9.17, 15) is 9.59 Å². The summed E-state index contributed by atoms with van der Waals surface area (Å²) < 4.78 is 15.7. The minimum Gasteiger partial charge on any atom is -0.493 e. The molecule has 5 nitrogen and oxygen atoms in total. The van der Waals surface area contributed by atoms with Gasteiger partial charge in [-0.2, -0.15) is 11.8 Å². The average molecular weight is 561 g/mol. The quantitative estimate of drug-likeness (QED) is 0.126. The van der Waals surface area contributed by atoms with Gasteiger partial charge in [0.25, 0.3) is 0 Å². The molecular formula is C34H40O5S. The van der Waals surface area contributed by atoms with Crippen LogP contribution in [-0.4, -0.2) is 44.3 Å². The van der Waals surface area contributed by atoms with Gasteiger partial charge in [0.15, 0.2) is 0 Å². The standard InChI is InChI=1S/C34H40O5S/c1-37-33(35)26-40-24-22-29(25-28-17-20-31(21-18-28)34(36)38-2)16-19-30-14-8-9-15-32(30)39-23-10-4-7-13-27-11-5-3-6-12-27/h3,5-6,8-9,11-12,14-21,29H,4,7,10,13,22-26H2,1-2H3. The van der Waals surface area contributed by atoms with E-state index >= 15 is 0 Å². The van der Waals surface area contributed by atoms with Gasteiger partial charge < -0.3 is 14.2 Å². The van der Waals surface area contributed by atoms with Gasteiger partial charge in [0.2, 0.25) is 0 Å². The van der Waals surface area contributed by atoms with Crippen molar-refractivity contribution < 1.29 is 23.8 Å². The van der Waals surface area contributed by atoms with Gasteiger partial charge in [0.1, 0.15) is 5.75 Å². The lowest BCUT2D eigenvalue weighted by atomic mass is 9.95. The van der Waals surface area contributed by atoms with Crippen LogP contribution in [0.25, 0.3) is 6.08 Å². The van der Waals surface area contributed by atoms with Crippen molar-refractivity contribution in [3.63, 3.8) is 0 Å². The number of hydrogen-bond donors (Lipinski definition) is 0. The van der Waals surface area contributed by atoms with Crippen molar-refractivity contribution in [2.24, 2.45) is 5.92 Å². The SMILES string of the molecule is COC(=O)CSCCC(C=Cc1ccccc1OCCCCCc1ccccc1)Cc1ccc(C(=O)OC)cc1. The van der Waals surface area contributed by atoms with Gasteiger partial charge in [-0.3, -0.25) is 4.79 Å². The summed E-state index contributed by atoms with van der Waals surface area (Å²) in [4.78, 5) is 23.3. The van der Waals surface area contributed by atoms with Crippen LogP contribution in [0.1, 0.15) is 52.7 Å². The Kier molecular flexibility index (Phi) is 13.9. The number of thioether (sulfide) groups is 1. The molecule has 1 unspecified atom stereocenters. The van der Waals surface area contributed by atoms with Crippen molar-refractivity contribution in [2.45, 2.75) is 38.5 Å². The van der Waals surface area contributed by atoms with Crippen LogP contribution >= 0.6 is 11.8 Å². The maximum atomic E-state index is 11.8. The lowest BCUT2D eigenvalue weighted by Crippen LogP contribution is -2.07. The number of para-hydroxylation sites is 1. The first-order chi connectivity index (χ1) is 19.6. The van der Waals surface area contributed by atoms with Crippen LogP contribution in [-0.2, 0) is 27.1 Å². The molecule has 0 aromatic heterocycles. The molecule has 3 aromatic rings. The smallest absolute Gasteiger partial charge is 0.337 e. The van der Waals surface area contributed by atoms with Gasteiger partial charge in [0, 0.05) is 5.56 Å². The van der Waals surface area contributed by atoms with Gasteiger partial charge in [-0.05, 0) is 79.5 Å². The molecule has 0 fully saturated rings. The second-order valence-corrected chi connectivity index (χ2v) is 10.7. The van der Waals surface area contributed by atoms with E-state index in [-0.39, 0.29) is 17.9 Å². The second kappa shape index (κ2) is 18.0.